The summed E-state index contributed by atoms with van der Waals surface area (Å²) in [6, 6.07) is 11.1. The lowest BCUT2D eigenvalue weighted by atomic mass is 9.95. The average molecular weight is 304 g/mol. The summed E-state index contributed by atoms with van der Waals surface area (Å²) in [5.74, 6) is 0.953. The number of nitrogens with one attached hydrogen (secondary N) is 1. The molecule has 0 aliphatic rings. The summed E-state index contributed by atoms with van der Waals surface area (Å²) in [6.45, 7) is 10.8. The molecular formula is C21H24N2. The number of nitrogens with zero attached hydrogens (tertiary/aromatic N) is 1. The zero-order chi connectivity index (χ0) is 16.7. The molecule has 0 amide bonds. The third-order valence-corrected chi connectivity index (χ3v) is 4.44. The van der Waals surface area contributed by atoms with Crippen LogP contribution in [0.5, 0.6) is 0 Å². The normalized spacial score (nSPS) is 11.0. The molecule has 0 unspecified atom stereocenters. The Kier molecular flexibility index (Phi) is 3.85. The fraction of sp³-hybridized carbons (Fsp3) is 0.286. The zero-order valence-electron chi connectivity index (χ0n) is 14.8. The lowest BCUT2D eigenvalue weighted by Gasteiger charge is -2.15. The largest absolute Gasteiger partial charge is 0.373 e. The van der Waals surface area contributed by atoms with E-state index in [1.807, 2.05) is 7.05 Å². The molecule has 3 rings (SSSR count). The summed E-state index contributed by atoms with van der Waals surface area (Å²) < 4.78 is 0. The van der Waals surface area contributed by atoms with Gasteiger partial charge in [-0.2, -0.15) is 0 Å². The van der Waals surface area contributed by atoms with Gasteiger partial charge in [-0.3, -0.25) is 0 Å². The lowest BCUT2D eigenvalue weighted by Crippen LogP contribution is -2.00. The van der Waals surface area contributed by atoms with Gasteiger partial charge in [0.05, 0.1) is 5.69 Å². The first-order chi connectivity index (χ1) is 10.9. The maximum absolute atomic E-state index is 4.92. The number of hydrogen-bond donors (Lipinski definition) is 1. The molecule has 23 heavy (non-hydrogen) atoms. The van der Waals surface area contributed by atoms with Crippen LogP contribution in [-0.4, -0.2) is 12.0 Å². The van der Waals surface area contributed by atoms with Crippen molar-refractivity contribution < 1.29 is 0 Å². The van der Waals surface area contributed by atoms with Gasteiger partial charge in [0.15, 0.2) is 0 Å². The minimum atomic E-state index is 0.953. The molecule has 0 atom stereocenters. The van der Waals surface area contributed by atoms with Gasteiger partial charge in [0.25, 0.3) is 0 Å². The maximum Gasteiger partial charge on any atom is 0.134 e. The predicted molar refractivity (Wildman–Crippen MR) is 100 cm³/mol. The van der Waals surface area contributed by atoms with Gasteiger partial charge in [-0.05, 0) is 62.8 Å². The first-order valence-corrected chi connectivity index (χ1v) is 8.08. The Morgan fingerprint density at radius 1 is 0.739 bits per heavy atom. The molecule has 0 saturated carbocycles. The van der Waals surface area contributed by atoms with E-state index in [-0.39, 0.29) is 0 Å². The second kappa shape index (κ2) is 5.69. The Morgan fingerprint density at radius 2 is 1.30 bits per heavy atom. The molecule has 1 heterocycles. The first-order valence-electron chi connectivity index (χ1n) is 8.08. The molecule has 2 aromatic carbocycles. The highest BCUT2D eigenvalue weighted by atomic mass is 15.0. The molecule has 0 aliphatic heterocycles. The molecular weight excluding hydrogens is 280 g/mol. The quantitative estimate of drug-likeness (QED) is 0.677. The van der Waals surface area contributed by atoms with E-state index >= 15 is 0 Å². The van der Waals surface area contributed by atoms with E-state index in [9.17, 15) is 0 Å². The van der Waals surface area contributed by atoms with Crippen LogP contribution in [-0.2, 0) is 0 Å². The number of benzene rings is 2. The van der Waals surface area contributed by atoms with Gasteiger partial charge in [0.1, 0.15) is 5.82 Å². The molecule has 1 aromatic heterocycles. The zero-order valence-corrected chi connectivity index (χ0v) is 14.8. The predicted octanol–water partition coefficient (Wildman–Crippen LogP) is 5.49. The molecule has 0 saturated heterocycles. The number of aryl methyl sites for hydroxylation is 5. The minimum absolute atomic E-state index is 0.953. The van der Waals surface area contributed by atoms with Crippen LogP contribution in [0.3, 0.4) is 0 Å². The van der Waals surface area contributed by atoms with Crippen molar-refractivity contribution in [3.63, 3.8) is 0 Å². The van der Waals surface area contributed by atoms with Crippen molar-refractivity contribution in [3.05, 3.63) is 58.1 Å². The summed E-state index contributed by atoms with van der Waals surface area (Å²) in [5.41, 5.74) is 8.69. The average Bonchev–Trinajstić information content (AvgIpc) is 2.44. The van der Waals surface area contributed by atoms with Crippen LogP contribution in [0.2, 0.25) is 0 Å². The molecule has 2 heteroatoms. The Balaban J connectivity index is 2.36. The van der Waals surface area contributed by atoms with Crippen molar-refractivity contribution in [1.82, 2.24) is 4.98 Å². The SMILES string of the molecule is CNc1nc(-c2c(C)cc(C)cc2C)cc2cc(C)cc(C)c12. The van der Waals surface area contributed by atoms with E-state index in [2.05, 4.69) is 70.3 Å². The Morgan fingerprint density at radius 3 is 1.91 bits per heavy atom. The first kappa shape index (κ1) is 15.5. The van der Waals surface area contributed by atoms with Crippen LogP contribution < -0.4 is 5.32 Å². The van der Waals surface area contributed by atoms with Crippen LogP contribution in [0.1, 0.15) is 27.8 Å². The molecule has 0 bridgehead atoms. The highest BCUT2D eigenvalue weighted by Crippen LogP contribution is 2.33. The molecule has 0 radical (unpaired) electrons. The molecule has 0 spiro atoms. The van der Waals surface area contributed by atoms with Gasteiger partial charge >= 0.3 is 0 Å². The number of pyridine rings is 1. The maximum atomic E-state index is 4.92. The topological polar surface area (TPSA) is 24.9 Å². The van der Waals surface area contributed by atoms with E-state index < -0.39 is 0 Å². The summed E-state index contributed by atoms with van der Waals surface area (Å²) in [5, 5.41) is 5.74. The van der Waals surface area contributed by atoms with Crippen LogP contribution >= 0.6 is 0 Å². The van der Waals surface area contributed by atoms with Crippen molar-refractivity contribution in [1.29, 1.82) is 0 Å². The summed E-state index contributed by atoms with van der Waals surface area (Å²) >= 11 is 0. The minimum Gasteiger partial charge on any atom is -0.373 e. The van der Waals surface area contributed by atoms with Crippen molar-refractivity contribution in [3.8, 4) is 11.3 Å². The van der Waals surface area contributed by atoms with Crippen molar-refractivity contribution in [2.75, 3.05) is 12.4 Å². The second-order valence-electron chi connectivity index (χ2n) is 6.56. The fourth-order valence-corrected chi connectivity index (χ4v) is 3.69. The van der Waals surface area contributed by atoms with Crippen molar-refractivity contribution in [2.24, 2.45) is 0 Å². The molecule has 1 N–H and O–H groups in total. The molecule has 2 nitrogen and oxygen atoms in total. The van der Waals surface area contributed by atoms with Gasteiger partial charge in [0, 0.05) is 18.0 Å². The second-order valence-corrected chi connectivity index (χ2v) is 6.56. The van der Waals surface area contributed by atoms with Crippen LogP contribution in [0, 0.1) is 34.6 Å². The van der Waals surface area contributed by atoms with E-state index in [0.29, 0.717) is 0 Å². The van der Waals surface area contributed by atoms with Crippen LogP contribution in [0.15, 0.2) is 30.3 Å². The molecule has 118 valence electrons. The third kappa shape index (κ3) is 2.70. The highest BCUT2D eigenvalue weighted by molar-refractivity contribution is 5.97. The number of fused-ring (bicyclic) bond motifs is 1. The van der Waals surface area contributed by atoms with Gasteiger partial charge in [-0.15, -0.1) is 0 Å². The fourth-order valence-electron chi connectivity index (χ4n) is 3.69. The monoisotopic (exact) mass is 304 g/mol. The van der Waals surface area contributed by atoms with Gasteiger partial charge in [-0.25, -0.2) is 4.98 Å². The molecule has 0 fully saturated rings. The van der Waals surface area contributed by atoms with Crippen molar-refractivity contribution >= 4 is 16.6 Å². The van der Waals surface area contributed by atoms with Crippen molar-refractivity contribution in [2.45, 2.75) is 34.6 Å². The van der Waals surface area contributed by atoms with Gasteiger partial charge < -0.3 is 5.32 Å². The van der Waals surface area contributed by atoms with Gasteiger partial charge in [-0.1, -0.05) is 35.4 Å². The summed E-state index contributed by atoms with van der Waals surface area (Å²) in [6.07, 6.45) is 0. The van der Waals surface area contributed by atoms with E-state index in [4.69, 9.17) is 4.98 Å². The van der Waals surface area contributed by atoms with Crippen LogP contribution in [0.25, 0.3) is 22.0 Å². The highest BCUT2D eigenvalue weighted by Gasteiger charge is 2.13. The Bertz CT molecular complexity index is 884. The Labute approximate surface area is 138 Å². The lowest BCUT2D eigenvalue weighted by molar-refractivity contribution is 1.26. The van der Waals surface area contributed by atoms with E-state index in [1.165, 1.54) is 44.2 Å². The van der Waals surface area contributed by atoms with Crippen LogP contribution in [0.4, 0.5) is 5.82 Å². The number of hydrogen-bond acceptors (Lipinski definition) is 2. The number of rotatable bonds is 2. The third-order valence-electron chi connectivity index (χ3n) is 4.44. The van der Waals surface area contributed by atoms with Gasteiger partial charge in [0.2, 0.25) is 0 Å². The standard InChI is InChI=1S/C21H24N2/c1-12-7-14(3)19(15(4)8-12)18-11-17-10-13(2)9-16(5)20(17)21(22-6)23-18/h7-11H,1-6H3,(H,22,23). The molecule has 0 aliphatic carbocycles. The summed E-state index contributed by atoms with van der Waals surface area (Å²) in [4.78, 5) is 4.92. The molecule has 3 aromatic rings. The summed E-state index contributed by atoms with van der Waals surface area (Å²) in [7, 11) is 1.94. The van der Waals surface area contributed by atoms with E-state index in [1.54, 1.807) is 0 Å². The Hall–Kier alpha value is -2.35. The number of aromatic nitrogens is 1. The smallest absolute Gasteiger partial charge is 0.134 e. The van der Waals surface area contributed by atoms with E-state index in [0.717, 1.165) is 11.5 Å². The number of anilines is 1.